The highest BCUT2D eigenvalue weighted by atomic mass is 16.5. The summed E-state index contributed by atoms with van der Waals surface area (Å²) in [6.07, 6.45) is 2.20. The third-order valence-corrected chi connectivity index (χ3v) is 2.23. The second-order valence-corrected chi connectivity index (χ2v) is 3.92. The molecule has 0 fully saturated rings. The van der Waals surface area contributed by atoms with Crippen molar-refractivity contribution in [1.29, 1.82) is 0 Å². The van der Waals surface area contributed by atoms with E-state index in [2.05, 4.69) is 6.92 Å². The van der Waals surface area contributed by atoms with Gasteiger partial charge in [0.05, 0.1) is 13.2 Å². The molecule has 0 aliphatic carbocycles. The highest BCUT2D eigenvalue weighted by Gasteiger charge is 2.12. The number of ether oxygens (including phenoxy) is 1. The summed E-state index contributed by atoms with van der Waals surface area (Å²) in [7, 11) is 0. The third-order valence-electron chi connectivity index (χ3n) is 2.23. The predicted octanol–water partition coefficient (Wildman–Crippen LogP) is 1.60. The number of carboxylic acid groups (broad SMARTS) is 1. The average molecular weight is 217 g/mol. The summed E-state index contributed by atoms with van der Waals surface area (Å²) in [5, 5.41) is 8.69. The average Bonchev–Trinajstić information content (AvgIpc) is 2.15. The van der Waals surface area contributed by atoms with E-state index in [1.54, 1.807) is 0 Å². The van der Waals surface area contributed by atoms with E-state index in [4.69, 9.17) is 9.84 Å². The molecule has 15 heavy (non-hydrogen) atoms. The first kappa shape index (κ1) is 14.4. The number of aliphatic carboxylic acids is 1. The van der Waals surface area contributed by atoms with Crippen molar-refractivity contribution in [3.8, 4) is 0 Å². The zero-order chi connectivity index (χ0) is 11.7. The topological polar surface area (TPSA) is 49.8 Å². The molecule has 4 nitrogen and oxygen atoms in total. The number of carbonyl (C=O) groups is 1. The summed E-state index contributed by atoms with van der Waals surface area (Å²) in [5.41, 5.74) is 0. The maximum Gasteiger partial charge on any atom is 0.317 e. The van der Waals surface area contributed by atoms with Crippen LogP contribution in [0.4, 0.5) is 0 Å². The molecular weight excluding hydrogens is 194 g/mol. The number of rotatable bonds is 9. The lowest BCUT2D eigenvalue weighted by Crippen LogP contribution is -2.38. The van der Waals surface area contributed by atoms with Crippen LogP contribution in [0.1, 0.15) is 33.6 Å². The molecule has 4 heteroatoms. The largest absolute Gasteiger partial charge is 0.480 e. The molecule has 0 aliphatic rings. The molecule has 0 rings (SSSR count). The maximum atomic E-state index is 10.6. The molecule has 0 bridgehead atoms. The number of hydrogen-bond acceptors (Lipinski definition) is 3. The Hall–Kier alpha value is -0.610. The molecule has 0 aromatic rings. The summed E-state index contributed by atoms with van der Waals surface area (Å²) in [4.78, 5) is 12.5. The molecule has 0 aliphatic heterocycles. The molecule has 0 aromatic heterocycles. The molecule has 0 saturated heterocycles. The van der Waals surface area contributed by atoms with Crippen LogP contribution >= 0.6 is 0 Å². The summed E-state index contributed by atoms with van der Waals surface area (Å²) in [6, 6.07) is 0.246. The van der Waals surface area contributed by atoms with Gasteiger partial charge in [-0.3, -0.25) is 9.69 Å². The Labute approximate surface area is 92.2 Å². The SMILES string of the molecule is CCCCOCCN(CC(=O)O)C(C)C. The van der Waals surface area contributed by atoms with Crippen molar-refractivity contribution in [2.24, 2.45) is 0 Å². The van der Waals surface area contributed by atoms with E-state index in [0.717, 1.165) is 19.4 Å². The highest BCUT2D eigenvalue weighted by Crippen LogP contribution is 1.98. The quantitative estimate of drug-likeness (QED) is 0.596. The second-order valence-electron chi connectivity index (χ2n) is 3.92. The first-order valence-corrected chi connectivity index (χ1v) is 5.61. The van der Waals surface area contributed by atoms with Gasteiger partial charge in [0.1, 0.15) is 0 Å². The van der Waals surface area contributed by atoms with E-state index in [1.165, 1.54) is 0 Å². The smallest absolute Gasteiger partial charge is 0.317 e. The van der Waals surface area contributed by atoms with Crippen LogP contribution in [0.2, 0.25) is 0 Å². The maximum absolute atomic E-state index is 10.6. The third kappa shape index (κ3) is 8.39. The van der Waals surface area contributed by atoms with Gasteiger partial charge in [0.2, 0.25) is 0 Å². The zero-order valence-electron chi connectivity index (χ0n) is 10.0. The zero-order valence-corrected chi connectivity index (χ0v) is 10.0. The van der Waals surface area contributed by atoms with Crippen molar-refractivity contribution in [3.63, 3.8) is 0 Å². The fourth-order valence-electron chi connectivity index (χ4n) is 1.22. The van der Waals surface area contributed by atoms with Gasteiger partial charge in [-0.25, -0.2) is 0 Å². The molecule has 0 atom stereocenters. The lowest BCUT2D eigenvalue weighted by Gasteiger charge is -2.24. The van der Waals surface area contributed by atoms with E-state index >= 15 is 0 Å². The van der Waals surface area contributed by atoms with E-state index in [0.29, 0.717) is 13.2 Å². The van der Waals surface area contributed by atoms with Gasteiger partial charge in [0.25, 0.3) is 0 Å². The van der Waals surface area contributed by atoms with Crippen LogP contribution in [0.5, 0.6) is 0 Å². The monoisotopic (exact) mass is 217 g/mol. The molecule has 0 amide bonds. The Morgan fingerprint density at radius 3 is 2.53 bits per heavy atom. The fourth-order valence-corrected chi connectivity index (χ4v) is 1.22. The van der Waals surface area contributed by atoms with Crippen LogP contribution in [-0.4, -0.2) is 48.3 Å². The van der Waals surface area contributed by atoms with Crippen molar-refractivity contribution >= 4 is 5.97 Å². The molecule has 0 spiro atoms. The Balaban J connectivity index is 3.62. The van der Waals surface area contributed by atoms with E-state index in [-0.39, 0.29) is 12.6 Å². The Bertz CT molecular complexity index is 171. The van der Waals surface area contributed by atoms with Crippen molar-refractivity contribution in [3.05, 3.63) is 0 Å². The minimum Gasteiger partial charge on any atom is -0.480 e. The minimum absolute atomic E-state index is 0.0921. The molecule has 0 radical (unpaired) electrons. The van der Waals surface area contributed by atoms with Gasteiger partial charge in [-0.2, -0.15) is 0 Å². The van der Waals surface area contributed by atoms with Crippen LogP contribution < -0.4 is 0 Å². The Morgan fingerprint density at radius 1 is 1.40 bits per heavy atom. The van der Waals surface area contributed by atoms with Crippen molar-refractivity contribution in [2.45, 2.75) is 39.7 Å². The minimum atomic E-state index is -0.780. The van der Waals surface area contributed by atoms with E-state index < -0.39 is 5.97 Å². The van der Waals surface area contributed by atoms with Crippen LogP contribution in [0.15, 0.2) is 0 Å². The van der Waals surface area contributed by atoms with Crippen LogP contribution in [0, 0.1) is 0 Å². The summed E-state index contributed by atoms with van der Waals surface area (Å²) in [5.74, 6) is -0.780. The summed E-state index contributed by atoms with van der Waals surface area (Å²) in [6.45, 7) is 8.28. The molecule has 0 unspecified atom stereocenters. The molecule has 0 saturated carbocycles. The number of nitrogens with zero attached hydrogens (tertiary/aromatic N) is 1. The lowest BCUT2D eigenvalue weighted by molar-refractivity contribution is -0.139. The lowest BCUT2D eigenvalue weighted by atomic mass is 10.3. The number of carboxylic acids is 1. The normalized spacial score (nSPS) is 11.3. The summed E-state index contributed by atoms with van der Waals surface area (Å²) >= 11 is 0. The molecule has 0 heterocycles. The van der Waals surface area contributed by atoms with Crippen LogP contribution in [-0.2, 0) is 9.53 Å². The van der Waals surface area contributed by atoms with Gasteiger partial charge >= 0.3 is 5.97 Å². The van der Waals surface area contributed by atoms with Crippen molar-refractivity contribution < 1.29 is 14.6 Å². The highest BCUT2D eigenvalue weighted by molar-refractivity contribution is 5.69. The van der Waals surface area contributed by atoms with E-state index in [9.17, 15) is 4.79 Å². The summed E-state index contributed by atoms with van der Waals surface area (Å²) < 4.78 is 5.40. The van der Waals surface area contributed by atoms with Gasteiger partial charge in [-0.1, -0.05) is 13.3 Å². The van der Waals surface area contributed by atoms with Gasteiger partial charge in [0.15, 0.2) is 0 Å². The van der Waals surface area contributed by atoms with Crippen molar-refractivity contribution in [2.75, 3.05) is 26.3 Å². The first-order valence-electron chi connectivity index (χ1n) is 5.61. The second kappa shape index (κ2) is 8.68. The van der Waals surface area contributed by atoms with Crippen LogP contribution in [0.25, 0.3) is 0 Å². The van der Waals surface area contributed by atoms with Crippen molar-refractivity contribution in [1.82, 2.24) is 4.90 Å². The molecule has 1 N–H and O–H groups in total. The van der Waals surface area contributed by atoms with E-state index in [1.807, 2.05) is 18.7 Å². The molecular formula is C11H23NO3. The fraction of sp³-hybridized carbons (Fsp3) is 0.909. The molecule has 0 aromatic carbocycles. The molecule has 90 valence electrons. The standard InChI is InChI=1S/C11H23NO3/c1-4-5-7-15-8-6-12(10(2)3)9-11(13)14/h10H,4-9H2,1-3H3,(H,13,14). The van der Waals surface area contributed by atoms with Gasteiger partial charge in [-0.05, 0) is 20.3 Å². The van der Waals surface area contributed by atoms with Crippen LogP contribution in [0.3, 0.4) is 0 Å². The first-order chi connectivity index (χ1) is 7.07. The number of unbranched alkanes of at least 4 members (excludes halogenated alkanes) is 1. The van der Waals surface area contributed by atoms with Gasteiger partial charge in [0, 0.05) is 19.2 Å². The Kier molecular flexibility index (Phi) is 8.33. The van der Waals surface area contributed by atoms with Gasteiger partial charge < -0.3 is 9.84 Å². The van der Waals surface area contributed by atoms with Gasteiger partial charge in [-0.15, -0.1) is 0 Å². The number of hydrogen-bond donors (Lipinski definition) is 1. The Morgan fingerprint density at radius 2 is 2.07 bits per heavy atom. The predicted molar refractivity (Wildman–Crippen MR) is 60.1 cm³/mol.